The Morgan fingerprint density at radius 3 is 2.60 bits per heavy atom. The zero-order chi connectivity index (χ0) is 21.1. The number of hydrogen-bond donors (Lipinski definition) is 1. The van der Waals surface area contributed by atoms with E-state index in [4.69, 9.17) is 9.47 Å². The van der Waals surface area contributed by atoms with E-state index in [0.717, 1.165) is 30.8 Å². The van der Waals surface area contributed by atoms with Crippen LogP contribution in [0.4, 0.5) is 4.39 Å². The van der Waals surface area contributed by atoms with E-state index in [2.05, 4.69) is 10.1 Å². The lowest BCUT2D eigenvalue weighted by molar-refractivity contribution is 0.118. The van der Waals surface area contributed by atoms with Gasteiger partial charge in [-0.2, -0.15) is 0 Å². The number of aliphatic imine (C=N–C) groups is 1. The third kappa shape index (κ3) is 4.07. The number of methoxy groups -OCH3 is 1. The molecule has 30 heavy (non-hydrogen) atoms. The van der Waals surface area contributed by atoms with E-state index >= 15 is 0 Å². The largest absolute Gasteiger partial charge is 0.497 e. The molecule has 156 valence electrons. The lowest BCUT2D eigenvalue weighted by Gasteiger charge is -2.07. The van der Waals surface area contributed by atoms with Gasteiger partial charge in [-0.05, 0) is 68.3 Å². The van der Waals surface area contributed by atoms with Crippen molar-refractivity contribution < 1.29 is 13.9 Å². The van der Waals surface area contributed by atoms with Gasteiger partial charge in [0.15, 0.2) is 0 Å². The normalized spacial score (nSPS) is 16.8. The first-order chi connectivity index (χ1) is 14.6. The van der Waals surface area contributed by atoms with Crippen molar-refractivity contribution in [1.29, 1.82) is 0 Å². The summed E-state index contributed by atoms with van der Waals surface area (Å²) in [5, 5.41) is 3.18. The Kier molecular flexibility index (Phi) is 5.81. The first-order valence-corrected chi connectivity index (χ1v) is 9.95. The topological polar surface area (TPSA) is 68.6 Å². The van der Waals surface area contributed by atoms with Crippen LogP contribution >= 0.6 is 0 Å². The van der Waals surface area contributed by atoms with Crippen molar-refractivity contribution in [2.45, 2.75) is 25.9 Å². The summed E-state index contributed by atoms with van der Waals surface area (Å²) in [7, 11) is 1.61. The van der Waals surface area contributed by atoms with E-state index in [9.17, 15) is 9.18 Å². The predicted octanol–water partition coefficient (Wildman–Crippen LogP) is 3.97. The predicted molar refractivity (Wildman–Crippen MR) is 114 cm³/mol. The Hall–Kier alpha value is -3.19. The summed E-state index contributed by atoms with van der Waals surface area (Å²) in [4.78, 5) is 18.0. The van der Waals surface area contributed by atoms with Gasteiger partial charge in [-0.1, -0.05) is 0 Å². The number of H-pyrrole nitrogens is 1. The molecule has 2 heterocycles. The van der Waals surface area contributed by atoms with Crippen molar-refractivity contribution >= 4 is 5.71 Å². The van der Waals surface area contributed by atoms with Crippen LogP contribution in [-0.4, -0.2) is 41.9 Å². The van der Waals surface area contributed by atoms with E-state index in [-0.39, 0.29) is 17.5 Å². The standard InChI is InChI=1S/C23H24FN3O3/c1-15(25-14-20-4-3-13-30-20)21-22(16-5-11-19(29-2)12-6-16)26-27(23(21)28)18-9-7-17(24)8-10-18/h5-12,20,26H,3-4,13-14H2,1-2H3/t20-/m0/s1. The van der Waals surface area contributed by atoms with Crippen LogP contribution < -0.4 is 10.3 Å². The van der Waals surface area contributed by atoms with Crippen LogP contribution in [0.1, 0.15) is 25.3 Å². The van der Waals surface area contributed by atoms with Gasteiger partial charge in [0.2, 0.25) is 0 Å². The first-order valence-electron chi connectivity index (χ1n) is 9.95. The molecule has 1 aliphatic rings. The molecule has 0 aliphatic carbocycles. The summed E-state index contributed by atoms with van der Waals surface area (Å²) < 4.78 is 25.7. The molecule has 0 spiro atoms. The second-order valence-electron chi connectivity index (χ2n) is 7.27. The Morgan fingerprint density at radius 2 is 1.97 bits per heavy atom. The minimum atomic E-state index is -0.358. The molecule has 7 heteroatoms. The number of aromatic amines is 1. The molecule has 1 saturated heterocycles. The fourth-order valence-electron chi connectivity index (χ4n) is 3.62. The highest BCUT2D eigenvalue weighted by Crippen LogP contribution is 2.24. The molecule has 0 saturated carbocycles. The Morgan fingerprint density at radius 1 is 1.23 bits per heavy atom. The molecule has 1 aliphatic heterocycles. The smallest absolute Gasteiger partial charge is 0.280 e. The SMILES string of the molecule is COc1ccc(-c2[nH]n(-c3ccc(F)cc3)c(=O)c2C(C)=NC[C@@H]2CCCO2)cc1. The van der Waals surface area contributed by atoms with Gasteiger partial charge in [0.25, 0.3) is 5.56 Å². The monoisotopic (exact) mass is 409 g/mol. The zero-order valence-corrected chi connectivity index (χ0v) is 17.0. The maximum atomic E-state index is 13.4. The van der Waals surface area contributed by atoms with Crippen molar-refractivity contribution in [3.63, 3.8) is 0 Å². The van der Waals surface area contributed by atoms with Gasteiger partial charge in [-0.15, -0.1) is 0 Å². The number of hydrogen-bond acceptors (Lipinski definition) is 4. The molecule has 4 rings (SSSR count). The molecule has 0 amide bonds. The van der Waals surface area contributed by atoms with Gasteiger partial charge in [0.05, 0.1) is 36.7 Å². The minimum absolute atomic E-state index is 0.0997. The van der Waals surface area contributed by atoms with Crippen molar-refractivity contribution in [3.05, 3.63) is 70.3 Å². The van der Waals surface area contributed by atoms with Crippen LogP contribution in [0.15, 0.2) is 58.3 Å². The highest BCUT2D eigenvalue weighted by Gasteiger charge is 2.21. The van der Waals surface area contributed by atoms with E-state index in [1.807, 2.05) is 31.2 Å². The van der Waals surface area contributed by atoms with Gasteiger partial charge < -0.3 is 9.47 Å². The molecule has 1 N–H and O–H groups in total. The number of ether oxygens (including phenoxy) is 2. The average molecular weight is 409 g/mol. The zero-order valence-electron chi connectivity index (χ0n) is 17.0. The summed E-state index contributed by atoms with van der Waals surface area (Å²) in [5.74, 6) is 0.368. The molecule has 0 radical (unpaired) electrons. The molecule has 1 fully saturated rings. The molecule has 0 bridgehead atoms. The summed E-state index contributed by atoms with van der Waals surface area (Å²) in [5.41, 5.74) is 2.92. The van der Waals surface area contributed by atoms with E-state index in [1.54, 1.807) is 19.2 Å². The number of benzene rings is 2. The fourth-order valence-corrected chi connectivity index (χ4v) is 3.62. The third-order valence-corrected chi connectivity index (χ3v) is 5.27. The molecular formula is C23H24FN3O3. The van der Waals surface area contributed by atoms with Crippen LogP contribution in [-0.2, 0) is 4.74 Å². The number of halogens is 1. The molecule has 2 aromatic carbocycles. The second-order valence-corrected chi connectivity index (χ2v) is 7.27. The summed E-state index contributed by atoms with van der Waals surface area (Å²) >= 11 is 0. The summed E-state index contributed by atoms with van der Waals surface area (Å²) in [6.45, 7) is 3.12. The molecule has 1 aromatic heterocycles. The van der Waals surface area contributed by atoms with Crippen LogP contribution in [0.5, 0.6) is 5.75 Å². The van der Waals surface area contributed by atoms with Gasteiger partial charge >= 0.3 is 0 Å². The Bertz CT molecular complexity index is 1090. The molecule has 0 unspecified atom stereocenters. The minimum Gasteiger partial charge on any atom is -0.497 e. The quantitative estimate of drug-likeness (QED) is 0.627. The molecule has 1 atom stereocenters. The Balaban J connectivity index is 1.79. The molecular weight excluding hydrogens is 385 g/mol. The van der Waals surface area contributed by atoms with E-state index in [0.29, 0.717) is 29.2 Å². The van der Waals surface area contributed by atoms with Crippen LogP contribution in [0.25, 0.3) is 16.9 Å². The van der Waals surface area contributed by atoms with Gasteiger partial charge in [0.1, 0.15) is 11.6 Å². The van der Waals surface area contributed by atoms with Crippen LogP contribution in [0.3, 0.4) is 0 Å². The van der Waals surface area contributed by atoms with E-state index in [1.165, 1.54) is 16.8 Å². The van der Waals surface area contributed by atoms with Crippen molar-refractivity contribution in [2.24, 2.45) is 4.99 Å². The molecule has 6 nitrogen and oxygen atoms in total. The van der Waals surface area contributed by atoms with Gasteiger partial charge in [-0.3, -0.25) is 14.9 Å². The average Bonchev–Trinajstić information content (AvgIpc) is 3.41. The van der Waals surface area contributed by atoms with Crippen LogP contribution in [0.2, 0.25) is 0 Å². The number of nitrogens with zero attached hydrogens (tertiary/aromatic N) is 2. The summed E-state index contributed by atoms with van der Waals surface area (Å²) in [6, 6.07) is 13.2. The maximum absolute atomic E-state index is 13.4. The lowest BCUT2D eigenvalue weighted by atomic mass is 10.0. The molecule has 3 aromatic rings. The third-order valence-electron chi connectivity index (χ3n) is 5.27. The summed E-state index contributed by atoms with van der Waals surface area (Å²) in [6.07, 6.45) is 2.12. The highest BCUT2D eigenvalue weighted by molar-refractivity contribution is 6.03. The van der Waals surface area contributed by atoms with E-state index < -0.39 is 0 Å². The fraction of sp³-hybridized carbons (Fsp3) is 0.304. The van der Waals surface area contributed by atoms with Gasteiger partial charge in [-0.25, -0.2) is 9.07 Å². The van der Waals surface area contributed by atoms with Crippen molar-refractivity contribution in [2.75, 3.05) is 20.3 Å². The maximum Gasteiger partial charge on any atom is 0.280 e. The number of nitrogens with one attached hydrogen (secondary N) is 1. The number of aromatic nitrogens is 2. The van der Waals surface area contributed by atoms with Crippen molar-refractivity contribution in [1.82, 2.24) is 9.78 Å². The van der Waals surface area contributed by atoms with Crippen molar-refractivity contribution in [3.8, 4) is 22.7 Å². The number of rotatable bonds is 6. The second kappa shape index (κ2) is 8.67. The van der Waals surface area contributed by atoms with Gasteiger partial charge in [0, 0.05) is 17.9 Å². The van der Waals surface area contributed by atoms with Crippen LogP contribution in [0, 0.1) is 5.82 Å². The highest BCUT2D eigenvalue weighted by atomic mass is 19.1. The lowest BCUT2D eigenvalue weighted by Crippen LogP contribution is -2.20. The first kappa shape index (κ1) is 20.1. The Labute approximate surface area is 174 Å².